The number of rotatable bonds is 5. The molecule has 1 heterocycles. The third-order valence-corrected chi connectivity index (χ3v) is 2.91. The van der Waals surface area contributed by atoms with Crippen LogP contribution in [0.25, 0.3) is 0 Å². The first-order chi connectivity index (χ1) is 8.75. The SMILES string of the molecule is NC(=O)C(Cc1ccccc1)Cc1ccccn1. The summed E-state index contributed by atoms with van der Waals surface area (Å²) in [6.07, 6.45) is 2.98. The lowest BCUT2D eigenvalue weighted by atomic mass is 9.94. The average Bonchev–Trinajstić information content (AvgIpc) is 2.40. The third-order valence-electron chi connectivity index (χ3n) is 2.91. The second-order valence-corrected chi connectivity index (χ2v) is 4.31. The molecule has 1 unspecified atom stereocenters. The summed E-state index contributed by atoms with van der Waals surface area (Å²) in [5.41, 5.74) is 7.49. The maximum atomic E-state index is 11.5. The van der Waals surface area contributed by atoms with Gasteiger partial charge in [-0.3, -0.25) is 9.78 Å². The maximum absolute atomic E-state index is 11.5. The van der Waals surface area contributed by atoms with E-state index in [1.54, 1.807) is 6.20 Å². The molecule has 0 fully saturated rings. The quantitative estimate of drug-likeness (QED) is 0.868. The number of benzene rings is 1. The first-order valence-electron chi connectivity index (χ1n) is 5.99. The normalized spacial score (nSPS) is 12.0. The van der Waals surface area contributed by atoms with Crippen molar-refractivity contribution in [2.45, 2.75) is 12.8 Å². The number of aromatic nitrogens is 1. The Labute approximate surface area is 107 Å². The number of nitrogens with zero attached hydrogens (tertiary/aromatic N) is 1. The Morgan fingerprint density at radius 2 is 1.78 bits per heavy atom. The van der Waals surface area contributed by atoms with Gasteiger partial charge in [0.05, 0.1) is 0 Å². The predicted octanol–water partition coefficient (Wildman–Crippen LogP) is 1.97. The topological polar surface area (TPSA) is 56.0 Å². The molecule has 18 heavy (non-hydrogen) atoms. The van der Waals surface area contributed by atoms with E-state index in [1.807, 2.05) is 48.5 Å². The van der Waals surface area contributed by atoms with E-state index < -0.39 is 0 Å². The molecular weight excluding hydrogens is 224 g/mol. The van der Waals surface area contributed by atoms with Crippen LogP contribution in [0, 0.1) is 5.92 Å². The summed E-state index contributed by atoms with van der Waals surface area (Å²) in [6, 6.07) is 15.6. The van der Waals surface area contributed by atoms with Gasteiger partial charge < -0.3 is 5.73 Å². The van der Waals surface area contributed by atoms with Crippen LogP contribution in [0.5, 0.6) is 0 Å². The van der Waals surface area contributed by atoms with Crippen molar-refractivity contribution in [2.24, 2.45) is 11.7 Å². The van der Waals surface area contributed by atoms with Crippen LogP contribution in [0.4, 0.5) is 0 Å². The summed E-state index contributed by atoms with van der Waals surface area (Å²) in [6.45, 7) is 0. The molecule has 1 aromatic carbocycles. The van der Waals surface area contributed by atoms with E-state index in [9.17, 15) is 4.79 Å². The average molecular weight is 240 g/mol. The second kappa shape index (κ2) is 5.96. The predicted molar refractivity (Wildman–Crippen MR) is 70.8 cm³/mol. The Morgan fingerprint density at radius 1 is 1.06 bits per heavy atom. The molecule has 2 rings (SSSR count). The molecule has 0 spiro atoms. The van der Waals surface area contributed by atoms with Gasteiger partial charge in [0.15, 0.2) is 0 Å². The molecule has 3 nitrogen and oxygen atoms in total. The van der Waals surface area contributed by atoms with Crippen LogP contribution in [0.1, 0.15) is 11.3 Å². The van der Waals surface area contributed by atoms with E-state index in [0.29, 0.717) is 12.8 Å². The van der Waals surface area contributed by atoms with Gasteiger partial charge in [0.2, 0.25) is 5.91 Å². The number of nitrogens with two attached hydrogens (primary N) is 1. The van der Waals surface area contributed by atoms with Crippen molar-refractivity contribution in [1.29, 1.82) is 0 Å². The molecule has 0 bridgehead atoms. The molecule has 0 aliphatic carbocycles. The van der Waals surface area contributed by atoms with Crippen LogP contribution >= 0.6 is 0 Å². The molecular formula is C15H16N2O. The number of amides is 1. The van der Waals surface area contributed by atoms with E-state index in [0.717, 1.165) is 11.3 Å². The lowest BCUT2D eigenvalue weighted by molar-refractivity contribution is -0.121. The van der Waals surface area contributed by atoms with Gasteiger partial charge in [0, 0.05) is 24.2 Å². The van der Waals surface area contributed by atoms with E-state index >= 15 is 0 Å². The van der Waals surface area contributed by atoms with E-state index in [4.69, 9.17) is 5.73 Å². The summed E-state index contributed by atoms with van der Waals surface area (Å²) in [4.78, 5) is 15.7. The van der Waals surface area contributed by atoms with Gasteiger partial charge >= 0.3 is 0 Å². The zero-order chi connectivity index (χ0) is 12.8. The first-order valence-corrected chi connectivity index (χ1v) is 5.99. The van der Waals surface area contributed by atoms with Gasteiger partial charge in [-0.15, -0.1) is 0 Å². The number of primary amides is 1. The molecule has 92 valence electrons. The highest BCUT2D eigenvalue weighted by Crippen LogP contribution is 2.13. The minimum Gasteiger partial charge on any atom is -0.369 e. The monoisotopic (exact) mass is 240 g/mol. The summed E-state index contributed by atoms with van der Waals surface area (Å²) < 4.78 is 0. The zero-order valence-electron chi connectivity index (χ0n) is 10.1. The van der Waals surface area contributed by atoms with Crippen molar-refractivity contribution in [3.8, 4) is 0 Å². The summed E-state index contributed by atoms with van der Waals surface area (Å²) in [5, 5.41) is 0. The van der Waals surface area contributed by atoms with Gasteiger partial charge in [-0.2, -0.15) is 0 Å². The van der Waals surface area contributed by atoms with Crippen molar-refractivity contribution in [2.75, 3.05) is 0 Å². The van der Waals surface area contributed by atoms with Crippen LogP contribution in [-0.4, -0.2) is 10.9 Å². The summed E-state index contributed by atoms with van der Waals surface area (Å²) in [7, 11) is 0. The molecule has 3 heteroatoms. The minimum absolute atomic E-state index is 0.206. The summed E-state index contributed by atoms with van der Waals surface area (Å²) in [5.74, 6) is -0.480. The molecule has 0 saturated heterocycles. The van der Waals surface area contributed by atoms with Crippen molar-refractivity contribution in [3.63, 3.8) is 0 Å². The van der Waals surface area contributed by atoms with Gasteiger partial charge in [-0.1, -0.05) is 36.4 Å². The lowest BCUT2D eigenvalue weighted by Gasteiger charge is -2.12. The van der Waals surface area contributed by atoms with E-state index in [-0.39, 0.29) is 11.8 Å². The van der Waals surface area contributed by atoms with Crippen molar-refractivity contribution in [3.05, 3.63) is 66.0 Å². The van der Waals surface area contributed by atoms with Gasteiger partial charge in [-0.05, 0) is 24.1 Å². The number of carbonyl (C=O) groups excluding carboxylic acids is 1. The fourth-order valence-electron chi connectivity index (χ4n) is 1.94. The fraction of sp³-hybridized carbons (Fsp3) is 0.200. The number of carbonyl (C=O) groups is 1. The van der Waals surface area contributed by atoms with E-state index in [2.05, 4.69) is 4.98 Å². The molecule has 0 saturated carbocycles. The lowest BCUT2D eigenvalue weighted by Crippen LogP contribution is -2.27. The number of pyridine rings is 1. The van der Waals surface area contributed by atoms with Crippen molar-refractivity contribution < 1.29 is 4.79 Å². The fourth-order valence-corrected chi connectivity index (χ4v) is 1.94. The Kier molecular flexibility index (Phi) is 4.07. The van der Waals surface area contributed by atoms with Crippen LogP contribution < -0.4 is 5.73 Å². The molecule has 1 aromatic heterocycles. The number of hydrogen-bond donors (Lipinski definition) is 1. The van der Waals surface area contributed by atoms with Crippen LogP contribution in [0.15, 0.2) is 54.7 Å². The minimum atomic E-state index is -0.274. The van der Waals surface area contributed by atoms with Gasteiger partial charge in [0.1, 0.15) is 0 Å². The molecule has 0 aliphatic rings. The van der Waals surface area contributed by atoms with E-state index in [1.165, 1.54) is 0 Å². The molecule has 0 radical (unpaired) electrons. The van der Waals surface area contributed by atoms with Crippen LogP contribution in [0.3, 0.4) is 0 Å². The third kappa shape index (κ3) is 3.42. The highest BCUT2D eigenvalue weighted by atomic mass is 16.1. The Bertz CT molecular complexity index is 455. The zero-order valence-corrected chi connectivity index (χ0v) is 10.1. The molecule has 1 amide bonds. The largest absolute Gasteiger partial charge is 0.369 e. The van der Waals surface area contributed by atoms with Crippen molar-refractivity contribution >= 4 is 5.91 Å². The Balaban J connectivity index is 2.08. The maximum Gasteiger partial charge on any atom is 0.221 e. The molecule has 0 aliphatic heterocycles. The van der Waals surface area contributed by atoms with Gasteiger partial charge in [0.25, 0.3) is 0 Å². The van der Waals surface area contributed by atoms with Crippen LogP contribution in [0.2, 0.25) is 0 Å². The highest BCUT2D eigenvalue weighted by molar-refractivity contribution is 5.77. The van der Waals surface area contributed by atoms with Crippen molar-refractivity contribution in [1.82, 2.24) is 4.98 Å². The smallest absolute Gasteiger partial charge is 0.221 e. The Hall–Kier alpha value is -2.16. The standard InChI is InChI=1S/C15H16N2O/c16-15(18)13(10-12-6-2-1-3-7-12)11-14-8-4-5-9-17-14/h1-9,13H,10-11H2,(H2,16,18). The van der Waals surface area contributed by atoms with Gasteiger partial charge in [-0.25, -0.2) is 0 Å². The van der Waals surface area contributed by atoms with Crippen LogP contribution in [-0.2, 0) is 17.6 Å². The number of hydrogen-bond acceptors (Lipinski definition) is 2. The second-order valence-electron chi connectivity index (χ2n) is 4.31. The highest BCUT2D eigenvalue weighted by Gasteiger charge is 2.17. The summed E-state index contributed by atoms with van der Waals surface area (Å²) >= 11 is 0. The molecule has 2 aromatic rings. The Morgan fingerprint density at radius 3 is 2.39 bits per heavy atom. The first kappa shape index (κ1) is 12.3. The molecule has 2 N–H and O–H groups in total. The molecule has 1 atom stereocenters.